The van der Waals surface area contributed by atoms with E-state index in [2.05, 4.69) is 0 Å². The molecule has 2 heteroatoms. The first kappa shape index (κ1) is 13.2. The zero-order chi connectivity index (χ0) is 12.3. The van der Waals surface area contributed by atoms with Gasteiger partial charge in [-0.15, -0.1) is 0 Å². The fourth-order valence-corrected chi connectivity index (χ4v) is 1.70. The van der Waals surface area contributed by atoms with Gasteiger partial charge in [0.05, 0.1) is 12.2 Å². The summed E-state index contributed by atoms with van der Waals surface area (Å²) in [5, 5.41) is 19.9. The average Bonchev–Trinajstić information content (AvgIpc) is 2.26. The second kappa shape index (κ2) is 5.46. The van der Waals surface area contributed by atoms with Crippen molar-refractivity contribution in [2.24, 2.45) is 11.8 Å². The van der Waals surface area contributed by atoms with Crippen molar-refractivity contribution in [3.8, 4) is 0 Å². The van der Waals surface area contributed by atoms with E-state index in [-0.39, 0.29) is 11.8 Å². The van der Waals surface area contributed by atoms with E-state index in [1.165, 1.54) is 0 Å². The number of benzene rings is 1. The van der Waals surface area contributed by atoms with Crippen LogP contribution in [-0.2, 0) is 0 Å². The van der Waals surface area contributed by atoms with Crippen molar-refractivity contribution in [1.82, 2.24) is 0 Å². The maximum Gasteiger partial charge on any atom is 0.0813 e. The van der Waals surface area contributed by atoms with Gasteiger partial charge in [-0.25, -0.2) is 0 Å². The largest absolute Gasteiger partial charge is 0.388 e. The van der Waals surface area contributed by atoms with Crippen LogP contribution in [0.15, 0.2) is 24.3 Å². The van der Waals surface area contributed by atoms with Gasteiger partial charge in [-0.1, -0.05) is 52.0 Å². The molecule has 0 aromatic heterocycles. The van der Waals surface area contributed by atoms with Crippen LogP contribution in [0.25, 0.3) is 0 Å². The van der Waals surface area contributed by atoms with Gasteiger partial charge in [0.2, 0.25) is 0 Å². The SMILES string of the molecule is CC(C)[C@H](O)c1cccc([C@@H](O)C(C)C)c1. The van der Waals surface area contributed by atoms with Crippen LogP contribution in [0.1, 0.15) is 51.0 Å². The lowest BCUT2D eigenvalue weighted by Gasteiger charge is -2.19. The van der Waals surface area contributed by atoms with Gasteiger partial charge in [-0.2, -0.15) is 0 Å². The standard InChI is InChI=1S/C14H22O2/c1-9(2)13(15)11-6-5-7-12(8-11)14(16)10(3)4/h5-10,13-16H,1-4H3/t13-,14-/m0/s1. The molecule has 2 atom stereocenters. The van der Waals surface area contributed by atoms with Crippen LogP contribution in [0, 0.1) is 11.8 Å². The fourth-order valence-electron chi connectivity index (χ4n) is 1.70. The lowest BCUT2D eigenvalue weighted by Crippen LogP contribution is -2.09. The molecule has 0 amide bonds. The second-order valence-electron chi connectivity index (χ2n) is 5.05. The molecule has 0 heterocycles. The molecule has 0 aliphatic rings. The molecule has 2 N–H and O–H groups in total. The molecule has 0 fully saturated rings. The Morgan fingerprint density at radius 3 is 1.50 bits per heavy atom. The minimum absolute atomic E-state index is 0.187. The Morgan fingerprint density at radius 1 is 0.812 bits per heavy atom. The minimum atomic E-state index is -0.459. The fraction of sp³-hybridized carbons (Fsp3) is 0.571. The first-order chi connectivity index (χ1) is 7.43. The van der Waals surface area contributed by atoms with Crippen molar-refractivity contribution in [2.75, 3.05) is 0 Å². The molecule has 0 aliphatic heterocycles. The summed E-state index contributed by atoms with van der Waals surface area (Å²) in [6, 6.07) is 7.60. The van der Waals surface area contributed by atoms with Gasteiger partial charge in [0.1, 0.15) is 0 Å². The Balaban J connectivity index is 2.95. The third-order valence-corrected chi connectivity index (χ3v) is 2.86. The topological polar surface area (TPSA) is 40.5 Å². The van der Waals surface area contributed by atoms with Gasteiger partial charge in [-0.05, 0) is 23.0 Å². The van der Waals surface area contributed by atoms with Crippen LogP contribution in [0.3, 0.4) is 0 Å². The normalized spacial score (nSPS) is 15.5. The lowest BCUT2D eigenvalue weighted by molar-refractivity contribution is 0.120. The van der Waals surface area contributed by atoms with Crippen molar-refractivity contribution in [3.63, 3.8) is 0 Å². The molecule has 90 valence electrons. The number of aliphatic hydroxyl groups excluding tert-OH is 2. The summed E-state index contributed by atoms with van der Waals surface area (Å²) < 4.78 is 0. The Morgan fingerprint density at radius 2 is 1.19 bits per heavy atom. The summed E-state index contributed by atoms with van der Waals surface area (Å²) in [4.78, 5) is 0. The molecule has 0 saturated carbocycles. The monoisotopic (exact) mass is 222 g/mol. The van der Waals surface area contributed by atoms with Crippen molar-refractivity contribution in [2.45, 2.75) is 39.9 Å². The zero-order valence-corrected chi connectivity index (χ0v) is 10.5. The first-order valence-corrected chi connectivity index (χ1v) is 5.89. The van der Waals surface area contributed by atoms with E-state index in [1.807, 2.05) is 52.0 Å². The number of aliphatic hydroxyl groups is 2. The highest BCUT2D eigenvalue weighted by Gasteiger charge is 2.16. The predicted molar refractivity (Wildman–Crippen MR) is 66.0 cm³/mol. The Bertz CT molecular complexity index is 302. The van der Waals surface area contributed by atoms with Crippen molar-refractivity contribution >= 4 is 0 Å². The molecular formula is C14H22O2. The van der Waals surface area contributed by atoms with E-state index >= 15 is 0 Å². The van der Waals surface area contributed by atoms with E-state index < -0.39 is 12.2 Å². The minimum Gasteiger partial charge on any atom is -0.388 e. The maximum atomic E-state index is 9.96. The molecule has 0 spiro atoms. The van der Waals surface area contributed by atoms with Crippen molar-refractivity contribution < 1.29 is 10.2 Å². The number of rotatable bonds is 4. The van der Waals surface area contributed by atoms with E-state index in [1.54, 1.807) is 0 Å². The van der Waals surface area contributed by atoms with Gasteiger partial charge < -0.3 is 10.2 Å². The van der Waals surface area contributed by atoms with Gasteiger partial charge in [0, 0.05) is 0 Å². The summed E-state index contributed by atoms with van der Waals surface area (Å²) in [5.74, 6) is 0.373. The molecule has 0 saturated heterocycles. The number of hydrogen-bond donors (Lipinski definition) is 2. The summed E-state index contributed by atoms with van der Waals surface area (Å²) in [5.41, 5.74) is 1.76. The summed E-state index contributed by atoms with van der Waals surface area (Å²) in [7, 11) is 0. The molecule has 1 aromatic carbocycles. The zero-order valence-electron chi connectivity index (χ0n) is 10.5. The van der Waals surface area contributed by atoms with E-state index in [0.717, 1.165) is 11.1 Å². The summed E-state index contributed by atoms with van der Waals surface area (Å²) >= 11 is 0. The smallest absolute Gasteiger partial charge is 0.0813 e. The van der Waals surface area contributed by atoms with Crippen LogP contribution < -0.4 is 0 Å². The summed E-state index contributed by atoms with van der Waals surface area (Å²) in [6.07, 6.45) is -0.918. The molecule has 0 unspecified atom stereocenters. The van der Waals surface area contributed by atoms with Crippen LogP contribution in [0.2, 0.25) is 0 Å². The van der Waals surface area contributed by atoms with E-state index in [9.17, 15) is 10.2 Å². The third kappa shape index (κ3) is 3.06. The number of hydrogen-bond acceptors (Lipinski definition) is 2. The predicted octanol–water partition coefficient (Wildman–Crippen LogP) is 3.07. The van der Waals surface area contributed by atoms with Crippen molar-refractivity contribution in [3.05, 3.63) is 35.4 Å². The van der Waals surface area contributed by atoms with Crippen LogP contribution >= 0.6 is 0 Å². The quantitative estimate of drug-likeness (QED) is 0.822. The molecule has 0 radical (unpaired) electrons. The summed E-state index contributed by atoms with van der Waals surface area (Å²) in [6.45, 7) is 7.93. The van der Waals surface area contributed by atoms with Gasteiger partial charge in [0.25, 0.3) is 0 Å². The Kier molecular flexibility index (Phi) is 4.51. The molecule has 16 heavy (non-hydrogen) atoms. The Hall–Kier alpha value is -0.860. The van der Waals surface area contributed by atoms with Crippen molar-refractivity contribution in [1.29, 1.82) is 0 Å². The van der Waals surface area contributed by atoms with Crippen LogP contribution in [-0.4, -0.2) is 10.2 Å². The highest BCUT2D eigenvalue weighted by atomic mass is 16.3. The second-order valence-corrected chi connectivity index (χ2v) is 5.05. The van der Waals surface area contributed by atoms with E-state index in [4.69, 9.17) is 0 Å². The molecule has 1 rings (SSSR count). The van der Waals surface area contributed by atoms with Gasteiger partial charge in [-0.3, -0.25) is 0 Å². The highest BCUT2D eigenvalue weighted by molar-refractivity contribution is 5.27. The Labute approximate surface area is 97.9 Å². The molecule has 0 bridgehead atoms. The highest BCUT2D eigenvalue weighted by Crippen LogP contribution is 2.26. The van der Waals surface area contributed by atoms with Gasteiger partial charge >= 0.3 is 0 Å². The third-order valence-electron chi connectivity index (χ3n) is 2.86. The molecule has 0 aliphatic carbocycles. The molecule has 2 nitrogen and oxygen atoms in total. The maximum absolute atomic E-state index is 9.96. The first-order valence-electron chi connectivity index (χ1n) is 5.89. The lowest BCUT2D eigenvalue weighted by atomic mass is 9.93. The van der Waals surface area contributed by atoms with Gasteiger partial charge in [0.15, 0.2) is 0 Å². The molecule has 1 aromatic rings. The van der Waals surface area contributed by atoms with Crippen LogP contribution in [0.5, 0.6) is 0 Å². The van der Waals surface area contributed by atoms with E-state index in [0.29, 0.717) is 0 Å². The van der Waals surface area contributed by atoms with Crippen LogP contribution in [0.4, 0.5) is 0 Å². The molecular weight excluding hydrogens is 200 g/mol. The average molecular weight is 222 g/mol.